The van der Waals surface area contributed by atoms with E-state index in [4.69, 9.17) is 5.11 Å². The monoisotopic (exact) mass is 240 g/mol. The van der Waals surface area contributed by atoms with Crippen LogP contribution < -0.4 is 0 Å². The van der Waals surface area contributed by atoms with Gasteiger partial charge in [0.1, 0.15) is 0 Å². The van der Waals surface area contributed by atoms with Gasteiger partial charge in [-0.15, -0.1) is 6.58 Å². The number of carbonyl (C=O) groups excluding carboxylic acids is 1. The number of likely N-dealkylation sites (tertiary alicyclic amines) is 1. The predicted molar refractivity (Wildman–Crippen MR) is 68.7 cm³/mol. The van der Waals surface area contributed by atoms with Crippen LogP contribution in [0, 0.1) is 5.92 Å². The van der Waals surface area contributed by atoms with E-state index in [1.165, 1.54) is 6.42 Å². The first-order chi connectivity index (χ1) is 8.17. The lowest BCUT2D eigenvalue weighted by Gasteiger charge is -2.32. The van der Waals surface area contributed by atoms with Crippen molar-refractivity contribution < 1.29 is 9.90 Å². The molecule has 1 aliphatic rings. The summed E-state index contributed by atoms with van der Waals surface area (Å²) in [6, 6.07) is 0. The molecule has 0 aromatic carbocycles. The van der Waals surface area contributed by atoms with Crippen LogP contribution in [-0.2, 0) is 4.79 Å². The van der Waals surface area contributed by atoms with Crippen LogP contribution in [0.3, 0.4) is 0 Å². The number of aliphatic hydroxyl groups excluding tert-OH is 1. The Bertz CT molecular complexity index is 256. The van der Waals surface area contributed by atoms with Gasteiger partial charge in [0.2, 0.25) is 5.91 Å². The Labute approximate surface area is 104 Å². The van der Waals surface area contributed by atoms with E-state index in [0.717, 1.165) is 19.5 Å². The Balaban J connectivity index is 2.42. The first-order valence-electron chi connectivity index (χ1n) is 6.39. The van der Waals surface area contributed by atoms with Gasteiger partial charge in [0.15, 0.2) is 0 Å². The van der Waals surface area contributed by atoms with Gasteiger partial charge in [0, 0.05) is 26.2 Å². The van der Waals surface area contributed by atoms with E-state index in [0.29, 0.717) is 25.6 Å². The van der Waals surface area contributed by atoms with Crippen molar-refractivity contribution in [3.8, 4) is 0 Å². The SMILES string of the molecule is C=CCN(CCO)CC(=O)N1CCCC(C)C1. The summed E-state index contributed by atoms with van der Waals surface area (Å²) in [7, 11) is 0. The predicted octanol–water partition coefficient (Wildman–Crippen LogP) is 0.725. The summed E-state index contributed by atoms with van der Waals surface area (Å²) in [5, 5.41) is 8.93. The fraction of sp³-hybridized carbons (Fsp3) is 0.769. The molecule has 0 saturated carbocycles. The van der Waals surface area contributed by atoms with Crippen molar-refractivity contribution >= 4 is 5.91 Å². The van der Waals surface area contributed by atoms with Crippen molar-refractivity contribution in [1.29, 1.82) is 0 Å². The summed E-state index contributed by atoms with van der Waals surface area (Å²) >= 11 is 0. The van der Waals surface area contributed by atoms with E-state index in [1.807, 2.05) is 9.80 Å². The van der Waals surface area contributed by atoms with Crippen LogP contribution in [0.15, 0.2) is 12.7 Å². The highest BCUT2D eigenvalue weighted by Gasteiger charge is 2.21. The number of hydrogen-bond donors (Lipinski definition) is 1. The third kappa shape index (κ3) is 4.88. The van der Waals surface area contributed by atoms with Crippen molar-refractivity contribution in [1.82, 2.24) is 9.80 Å². The van der Waals surface area contributed by atoms with E-state index in [9.17, 15) is 4.79 Å². The number of hydrogen-bond acceptors (Lipinski definition) is 3. The van der Waals surface area contributed by atoms with Gasteiger partial charge in [0.25, 0.3) is 0 Å². The number of piperidine rings is 1. The Kier molecular flexibility index (Phi) is 6.22. The smallest absolute Gasteiger partial charge is 0.236 e. The maximum absolute atomic E-state index is 12.1. The minimum atomic E-state index is 0.0809. The van der Waals surface area contributed by atoms with Gasteiger partial charge in [-0.25, -0.2) is 0 Å². The molecule has 17 heavy (non-hydrogen) atoms. The molecule has 1 rings (SSSR count). The molecule has 0 radical (unpaired) electrons. The fourth-order valence-electron chi connectivity index (χ4n) is 2.27. The zero-order valence-corrected chi connectivity index (χ0v) is 10.8. The summed E-state index contributed by atoms with van der Waals surface area (Å²) in [5.41, 5.74) is 0. The zero-order chi connectivity index (χ0) is 12.7. The highest BCUT2D eigenvalue weighted by atomic mass is 16.3. The van der Waals surface area contributed by atoms with Gasteiger partial charge in [-0.2, -0.15) is 0 Å². The zero-order valence-electron chi connectivity index (χ0n) is 10.8. The lowest BCUT2D eigenvalue weighted by Crippen LogP contribution is -2.45. The number of rotatable bonds is 6. The van der Waals surface area contributed by atoms with Gasteiger partial charge in [-0.1, -0.05) is 13.0 Å². The summed E-state index contributed by atoms with van der Waals surface area (Å²) in [6.07, 6.45) is 4.09. The van der Waals surface area contributed by atoms with Gasteiger partial charge in [-0.05, 0) is 18.8 Å². The second-order valence-corrected chi connectivity index (χ2v) is 4.83. The largest absolute Gasteiger partial charge is 0.395 e. The molecule has 1 fully saturated rings. The van der Waals surface area contributed by atoms with Gasteiger partial charge in [-0.3, -0.25) is 9.69 Å². The first-order valence-corrected chi connectivity index (χ1v) is 6.39. The van der Waals surface area contributed by atoms with E-state index in [-0.39, 0.29) is 12.5 Å². The molecule has 0 aliphatic carbocycles. The van der Waals surface area contributed by atoms with Crippen molar-refractivity contribution in [2.75, 3.05) is 39.3 Å². The quantitative estimate of drug-likeness (QED) is 0.696. The standard InChI is InChI=1S/C13H24N2O2/c1-3-6-14(8-9-16)11-13(17)15-7-4-5-12(2)10-15/h3,12,16H,1,4-11H2,2H3. The van der Waals surface area contributed by atoms with Crippen LogP contribution in [0.4, 0.5) is 0 Å². The molecule has 4 nitrogen and oxygen atoms in total. The van der Waals surface area contributed by atoms with Crippen molar-refractivity contribution in [2.24, 2.45) is 5.92 Å². The second kappa shape index (κ2) is 7.45. The third-order valence-electron chi connectivity index (χ3n) is 3.17. The fourth-order valence-corrected chi connectivity index (χ4v) is 2.27. The van der Waals surface area contributed by atoms with Crippen molar-refractivity contribution in [3.05, 3.63) is 12.7 Å². The molecule has 1 aliphatic heterocycles. The number of amides is 1. The molecule has 0 spiro atoms. The van der Waals surface area contributed by atoms with Crippen LogP contribution in [0.2, 0.25) is 0 Å². The molecule has 0 aromatic heterocycles. The molecule has 0 aromatic rings. The molecule has 1 heterocycles. The van der Waals surface area contributed by atoms with Crippen LogP contribution >= 0.6 is 0 Å². The number of nitrogens with zero attached hydrogens (tertiary/aromatic N) is 2. The number of carbonyl (C=O) groups is 1. The number of aliphatic hydroxyl groups is 1. The van der Waals surface area contributed by atoms with Gasteiger partial charge < -0.3 is 10.0 Å². The molecule has 1 unspecified atom stereocenters. The Morgan fingerprint density at radius 3 is 3.00 bits per heavy atom. The first kappa shape index (κ1) is 14.2. The van der Waals surface area contributed by atoms with Crippen LogP contribution in [0.5, 0.6) is 0 Å². The molecule has 1 atom stereocenters. The molecular formula is C13H24N2O2. The van der Waals surface area contributed by atoms with Gasteiger partial charge >= 0.3 is 0 Å². The molecule has 1 saturated heterocycles. The van der Waals surface area contributed by atoms with Crippen LogP contribution in [-0.4, -0.2) is 60.1 Å². The summed E-state index contributed by atoms with van der Waals surface area (Å²) in [6.45, 7) is 9.26. The van der Waals surface area contributed by atoms with Gasteiger partial charge in [0.05, 0.1) is 13.2 Å². The Morgan fingerprint density at radius 2 is 2.41 bits per heavy atom. The van der Waals surface area contributed by atoms with E-state index >= 15 is 0 Å². The topological polar surface area (TPSA) is 43.8 Å². The van der Waals surface area contributed by atoms with E-state index in [2.05, 4.69) is 13.5 Å². The molecule has 1 N–H and O–H groups in total. The minimum Gasteiger partial charge on any atom is -0.395 e. The van der Waals surface area contributed by atoms with E-state index < -0.39 is 0 Å². The van der Waals surface area contributed by atoms with Crippen LogP contribution in [0.25, 0.3) is 0 Å². The molecule has 1 amide bonds. The second-order valence-electron chi connectivity index (χ2n) is 4.83. The summed E-state index contributed by atoms with van der Waals surface area (Å²) in [4.78, 5) is 15.9. The normalized spacial score (nSPS) is 20.6. The Hall–Kier alpha value is -0.870. The maximum atomic E-state index is 12.1. The highest BCUT2D eigenvalue weighted by molar-refractivity contribution is 5.78. The lowest BCUT2D eigenvalue weighted by atomic mass is 10.0. The summed E-state index contributed by atoms with van der Waals surface area (Å²) < 4.78 is 0. The van der Waals surface area contributed by atoms with Crippen molar-refractivity contribution in [2.45, 2.75) is 19.8 Å². The highest BCUT2D eigenvalue weighted by Crippen LogP contribution is 2.15. The van der Waals surface area contributed by atoms with E-state index in [1.54, 1.807) is 6.08 Å². The molecule has 98 valence electrons. The van der Waals surface area contributed by atoms with Crippen molar-refractivity contribution in [3.63, 3.8) is 0 Å². The lowest BCUT2D eigenvalue weighted by molar-refractivity contribution is -0.134. The third-order valence-corrected chi connectivity index (χ3v) is 3.17. The summed E-state index contributed by atoms with van der Waals surface area (Å²) in [5.74, 6) is 0.783. The molecule has 4 heteroatoms. The average Bonchev–Trinajstić information content (AvgIpc) is 2.29. The average molecular weight is 240 g/mol. The minimum absolute atomic E-state index is 0.0809. The molecule has 0 bridgehead atoms. The Morgan fingerprint density at radius 1 is 1.65 bits per heavy atom. The maximum Gasteiger partial charge on any atom is 0.236 e. The van der Waals surface area contributed by atoms with Crippen LogP contribution in [0.1, 0.15) is 19.8 Å². The molecular weight excluding hydrogens is 216 g/mol.